The van der Waals surface area contributed by atoms with E-state index in [1.54, 1.807) is 12.1 Å². The van der Waals surface area contributed by atoms with Crippen molar-refractivity contribution in [2.24, 2.45) is 0 Å². The molecular weight excluding hydrogens is 265 g/mol. The van der Waals surface area contributed by atoms with Gasteiger partial charge >= 0.3 is 0 Å². The molecule has 0 bridgehead atoms. The first-order valence-electron chi connectivity index (χ1n) is 8.33. The lowest BCUT2D eigenvalue weighted by molar-refractivity contribution is -0.110. The fraction of sp³-hybridized carbons (Fsp3) is 0.667. The maximum atomic E-state index is 13.9. The molecule has 1 aromatic carbocycles. The van der Waals surface area contributed by atoms with Gasteiger partial charge in [0.15, 0.2) is 0 Å². The predicted octanol–water partition coefficient (Wildman–Crippen LogP) is 4.36. The molecule has 1 spiro atoms. The van der Waals surface area contributed by atoms with Crippen molar-refractivity contribution in [1.29, 1.82) is 0 Å². The molecule has 2 aliphatic rings. The monoisotopic (exact) mass is 291 g/mol. The van der Waals surface area contributed by atoms with Crippen LogP contribution in [0.5, 0.6) is 0 Å². The van der Waals surface area contributed by atoms with Gasteiger partial charge in [0, 0.05) is 24.3 Å². The van der Waals surface area contributed by atoms with Crippen molar-refractivity contribution in [1.82, 2.24) is 5.32 Å². The molecule has 1 heterocycles. The molecule has 116 valence electrons. The van der Waals surface area contributed by atoms with E-state index in [9.17, 15) is 4.39 Å². The highest BCUT2D eigenvalue weighted by atomic mass is 19.1. The third-order valence-corrected chi connectivity index (χ3v) is 5.12. The number of halogens is 1. The third-order valence-electron chi connectivity index (χ3n) is 5.12. The Kier molecular flexibility index (Phi) is 4.60. The summed E-state index contributed by atoms with van der Waals surface area (Å²) in [6.45, 7) is 2.89. The van der Waals surface area contributed by atoms with E-state index in [2.05, 4.69) is 12.2 Å². The Morgan fingerprint density at radius 3 is 2.76 bits per heavy atom. The standard InChI is InChI=1S/C18H26FNO/c1-14(16-7-3-4-8-17(16)19)20-15-9-12-21-18(13-15)10-5-2-6-11-18/h3-4,7-8,14-15,20H,2,5-6,9-13H2,1H3. The molecule has 3 rings (SSSR count). The second kappa shape index (κ2) is 6.45. The Morgan fingerprint density at radius 1 is 1.24 bits per heavy atom. The fourth-order valence-electron chi connectivity index (χ4n) is 3.98. The summed E-state index contributed by atoms with van der Waals surface area (Å²) >= 11 is 0. The van der Waals surface area contributed by atoms with E-state index < -0.39 is 0 Å². The lowest BCUT2D eigenvalue weighted by Crippen LogP contribution is -2.48. The average Bonchev–Trinajstić information content (AvgIpc) is 2.48. The van der Waals surface area contributed by atoms with Crippen LogP contribution >= 0.6 is 0 Å². The van der Waals surface area contributed by atoms with Gasteiger partial charge in [-0.1, -0.05) is 37.5 Å². The van der Waals surface area contributed by atoms with Gasteiger partial charge in [-0.25, -0.2) is 4.39 Å². The molecular formula is C18H26FNO. The number of nitrogens with one attached hydrogen (secondary N) is 1. The SMILES string of the molecule is CC(NC1CCOC2(CCCCC2)C1)c1ccccc1F. The minimum Gasteiger partial charge on any atom is -0.375 e. The van der Waals surface area contributed by atoms with Crippen LogP contribution in [0.15, 0.2) is 24.3 Å². The van der Waals surface area contributed by atoms with E-state index in [1.807, 2.05) is 12.1 Å². The normalized spacial score (nSPS) is 26.7. The molecule has 21 heavy (non-hydrogen) atoms. The second-order valence-electron chi connectivity index (χ2n) is 6.69. The summed E-state index contributed by atoms with van der Waals surface area (Å²) in [5, 5.41) is 3.63. The summed E-state index contributed by atoms with van der Waals surface area (Å²) in [5.41, 5.74) is 0.866. The smallest absolute Gasteiger partial charge is 0.127 e. The van der Waals surface area contributed by atoms with Crippen LogP contribution < -0.4 is 5.32 Å². The van der Waals surface area contributed by atoms with Gasteiger partial charge in [0.1, 0.15) is 5.82 Å². The molecule has 0 amide bonds. The van der Waals surface area contributed by atoms with Crippen LogP contribution in [-0.2, 0) is 4.74 Å². The van der Waals surface area contributed by atoms with Gasteiger partial charge in [0.2, 0.25) is 0 Å². The van der Waals surface area contributed by atoms with Gasteiger partial charge in [0.05, 0.1) is 5.60 Å². The maximum absolute atomic E-state index is 13.9. The van der Waals surface area contributed by atoms with E-state index in [0.717, 1.165) is 25.0 Å². The van der Waals surface area contributed by atoms with Gasteiger partial charge in [-0.2, -0.15) is 0 Å². The summed E-state index contributed by atoms with van der Waals surface area (Å²) in [7, 11) is 0. The summed E-state index contributed by atoms with van der Waals surface area (Å²) in [6.07, 6.45) is 8.41. The molecule has 1 aliphatic carbocycles. The minimum absolute atomic E-state index is 0.0509. The number of rotatable bonds is 3. The largest absolute Gasteiger partial charge is 0.375 e. The number of ether oxygens (including phenoxy) is 1. The van der Waals surface area contributed by atoms with Crippen molar-refractivity contribution in [3.63, 3.8) is 0 Å². The van der Waals surface area contributed by atoms with Crippen molar-refractivity contribution in [3.05, 3.63) is 35.6 Å². The molecule has 1 saturated heterocycles. The zero-order valence-electron chi connectivity index (χ0n) is 12.9. The number of hydrogen-bond donors (Lipinski definition) is 1. The van der Waals surface area contributed by atoms with Crippen molar-refractivity contribution in [2.45, 2.75) is 69.6 Å². The van der Waals surface area contributed by atoms with E-state index in [1.165, 1.54) is 32.1 Å². The van der Waals surface area contributed by atoms with Crippen molar-refractivity contribution < 1.29 is 9.13 Å². The predicted molar refractivity (Wildman–Crippen MR) is 82.7 cm³/mol. The number of hydrogen-bond acceptors (Lipinski definition) is 2. The summed E-state index contributed by atoms with van der Waals surface area (Å²) in [5.74, 6) is -0.114. The molecule has 2 fully saturated rings. The molecule has 1 saturated carbocycles. The van der Waals surface area contributed by atoms with Gasteiger partial charge in [-0.3, -0.25) is 0 Å². The van der Waals surface area contributed by atoms with E-state index in [0.29, 0.717) is 6.04 Å². The van der Waals surface area contributed by atoms with E-state index >= 15 is 0 Å². The molecule has 0 radical (unpaired) electrons. The summed E-state index contributed by atoms with van der Waals surface area (Å²) in [6, 6.07) is 7.56. The lowest BCUT2D eigenvalue weighted by atomic mass is 9.78. The van der Waals surface area contributed by atoms with E-state index in [-0.39, 0.29) is 17.5 Å². The Labute approximate surface area is 127 Å². The summed E-state index contributed by atoms with van der Waals surface area (Å²) in [4.78, 5) is 0. The van der Waals surface area contributed by atoms with Gasteiger partial charge < -0.3 is 10.1 Å². The van der Waals surface area contributed by atoms with Gasteiger partial charge in [0.25, 0.3) is 0 Å². The Hall–Kier alpha value is -0.930. The Bertz CT molecular complexity index is 465. The average molecular weight is 291 g/mol. The third kappa shape index (κ3) is 3.46. The van der Waals surface area contributed by atoms with Gasteiger partial charge in [-0.15, -0.1) is 0 Å². The van der Waals surface area contributed by atoms with Crippen molar-refractivity contribution in [2.75, 3.05) is 6.61 Å². The van der Waals surface area contributed by atoms with Crippen molar-refractivity contribution >= 4 is 0 Å². The topological polar surface area (TPSA) is 21.3 Å². The van der Waals surface area contributed by atoms with Crippen LogP contribution in [0.25, 0.3) is 0 Å². The molecule has 1 N–H and O–H groups in total. The van der Waals surface area contributed by atoms with Crippen molar-refractivity contribution in [3.8, 4) is 0 Å². The molecule has 1 aliphatic heterocycles. The highest BCUT2D eigenvalue weighted by Gasteiger charge is 2.38. The first-order chi connectivity index (χ1) is 10.2. The quantitative estimate of drug-likeness (QED) is 0.893. The highest BCUT2D eigenvalue weighted by molar-refractivity contribution is 5.20. The van der Waals surface area contributed by atoms with Crippen LogP contribution in [0, 0.1) is 5.82 Å². The lowest BCUT2D eigenvalue weighted by Gasteiger charge is -2.44. The molecule has 3 heteroatoms. The second-order valence-corrected chi connectivity index (χ2v) is 6.69. The molecule has 0 aromatic heterocycles. The Balaban J connectivity index is 1.63. The fourth-order valence-corrected chi connectivity index (χ4v) is 3.98. The molecule has 1 aromatic rings. The molecule has 2 atom stereocenters. The van der Waals surface area contributed by atoms with Gasteiger partial charge in [-0.05, 0) is 38.7 Å². The van der Waals surface area contributed by atoms with Crippen LogP contribution in [0.1, 0.15) is 63.5 Å². The first kappa shape index (κ1) is 15.0. The number of benzene rings is 1. The molecule has 2 nitrogen and oxygen atoms in total. The zero-order valence-corrected chi connectivity index (χ0v) is 12.9. The van der Waals surface area contributed by atoms with E-state index in [4.69, 9.17) is 4.74 Å². The minimum atomic E-state index is -0.114. The van der Waals surface area contributed by atoms with Crippen LogP contribution in [0.4, 0.5) is 4.39 Å². The maximum Gasteiger partial charge on any atom is 0.127 e. The van der Waals surface area contributed by atoms with Crippen LogP contribution in [0.3, 0.4) is 0 Å². The highest BCUT2D eigenvalue weighted by Crippen LogP contribution is 2.39. The first-order valence-corrected chi connectivity index (χ1v) is 8.33. The zero-order chi connectivity index (χ0) is 14.7. The molecule has 2 unspecified atom stereocenters. The van der Waals surface area contributed by atoms with Crippen LogP contribution in [0.2, 0.25) is 0 Å². The van der Waals surface area contributed by atoms with Crippen LogP contribution in [-0.4, -0.2) is 18.2 Å². The summed E-state index contributed by atoms with van der Waals surface area (Å²) < 4.78 is 20.0. The Morgan fingerprint density at radius 2 is 2.00 bits per heavy atom.